The summed E-state index contributed by atoms with van der Waals surface area (Å²) < 4.78 is 0. The summed E-state index contributed by atoms with van der Waals surface area (Å²) in [5.74, 6) is 0.622. The highest BCUT2D eigenvalue weighted by Gasteiger charge is 2.23. The lowest BCUT2D eigenvalue weighted by atomic mass is 9.80. The van der Waals surface area contributed by atoms with E-state index in [1.165, 1.54) is 31.5 Å². The Labute approximate surface area is 94.0 Å². The van der Waals surface area contributed by atoms with Crippen molar-refractivity contribution < 1.29 is 4.92 Å². The molecular formula is C11H15N3O2. The van der Waals surface area contributed by atoms with E-state index in [4.69, 9.17) is 0 Å². The fraction of sp³-hybridized carbons (Fsp3) is 0.545. The van der Waals surface area contributed by atoms with Crippen molar-refractivity contribution in [3.05, 3.63) is 28.4 Å². The summed E-state index contributed by atoms with van der Waals surface area (Å²) in [6, 6.07) is 3.55. The molecule has 16 heavy (non-hydrogen) atoms. The summed E-state index contributed by atoms with van der Waals surface area (Å²) in [6.07, 6.45) is 5.38. The summed E-state index contributed by atoms with van der Waals surface area (Å²) in [6.45, 7) is 2.14. The third kappa shape index (κ3) is 2.29. The molecular weight excluding hydrogens is 206 g/mol. The number of hydrogen-bond donors (Lipinski definition) is 1. The first-order valence-corrected chi connectivity index (χ1v) is 5.54. The molecule has 1 aromatic heterocycles. The Hall–Kier alpha value is -1.65. The highest BCUT2D eigenvalue weighted by Crippen LogP contribution is 2.30. The number of nitrogens with one attached hydrogen (secondary N) is 1. The van der Waals surface area contributed by atoms with Crippen molar-refractivity contribution in [1.82, 2.24) is 4.98 Å². The maximum atomic E-state index is 10.4. The third-order valence-corrected chi connectivity index (χ3v) is 3.19. The molecule has 5 heteroatoms. The molecule has 1 fully saturated rings. The van der Waals surface area contributed by atoms with Gasteiger partial charge in [0.25, 0.3) is 0 Å². The van der Waals surface area contributed by atoms with Crippen LogP contribution in [0.2, 0.25) is 0 Å². The van der Waals surface area contributed by atoms with Crippen LogP contribution in [0, 0.1) is 16.0 Å². The smallest absolute Gasteiger partial charge is 0.363 e. The van der Waals surface area contributed by atoms with E-state index >= 15 is 0 Å². The van der Waals surface area contributed by atoms with Gasteiger partial charge in [0.05, 0.1) is 5.69 Å². The first-order valence-electron chi connectivity index (χ1n) is 5.54. The maximum absolute atomic E-state index is 10.4. The SMILES string of the molecule is CC(Nc1ccc([N+](=O)[O-])nc1)C1CCC1. The highest BCUT2D eigenvalue weighted by molar-refractivity contribution is 5.44. The minimum atomic E-state index is -0.487. The van der Waals surface area contributed by atoms with Gasteiger partial charge in [-0.25, -0.2) is 0 Å². The largest absolute Gasteiger partial charge is 0.379 e. The summed E-state index contributed by atoms with van der Waals surface area (Å²) in [4.78, 5) is 13.7. The van der Waals surface area contributed by atoms with Gasteiger partial charge in [-0.2, -0.15) is 0 Å². The first kappa shape index (κ1) is 10.9. The zero-order chi connectivity index (χ0) is 11.5. The molecule has 86 valence electrons. The molecule has 0 aromatic carbocycles. The molecule has 1 unspecified atom stereocenters. The topological polar surface area (TPSA) is 68.1 Å². The average molecular weight is 221 g/mol. The lowest BCUT2D eigenvalue weighted by molar-refractivity contribution is -0.389. The molecule has 1 heterocycles. The zero-order valence-electron chi connectivity index (χ0n) is 9.22. The predicted molar refractivity (Wildman–Crippen MR) is 61.3 cm³/mol. The van der Waals surface area contributed by atoms with Crippen LogP contribution in [-0.4, -0.2) is 15.9 Å². The molecule has 0 radical (unpaired) electrons. The van der Waals surface area contributed by atoms with Crippen LogP contribution >= 0.6 is 0 Å². The molecule has 1 atom stereocenters. The normalized spacial score (nSPS) is 17.6. The third-order valence-electron chi connectivity index (χ3n) is 3.19. The van der Waals surface area contributed by atoms with Crippen LogP contribution in [0.4, 0.5) is 11.5 Å². The van der Waals surface area contributed by atoms with Gasteiger partial charge in [0, 0.05) is 12.1 Å². The van der Waals surface area contributed by atoms with Crippen molar-refractivity contribution in [2.75, 3.05) is 5.32 Å². The Kier molecular flexibility index (Phi) is 3.03. The molecule has 1 N–H and O–H groups in total. The van der Waals surface area contributed by atoms with Crippen LogP contribution in [0.3, 0.4) is 0 Å². The number of nitrogens with zero attached hydrogens (tertiary/aromatic N) is 2. The maximum Gasteiger partial charge on any atom is 0.363 e. The van der Waals surface area contributed by atoms with Gasteiger partial charge in [0.1, 0.15) is 0 Å². The lowest BCUT2D eigenvalue weighted by Crippen LogP contribution is -2.30. The summed E-state index contributed by atoms with van der Waals surface area (Å²) in [7, 11) is 0. The van der Waals surface area contributed by atoms with Gasteiger partial charge in [-0.3, -0.25) is 0 Å². The van der Waals surface area contributed by atoms with Crippen molar-refractivity contribution in [1.29, 1.82) is 0 Å². The van der Waals surface area contributed by atoms with Crippen molar-refractivity contribution in [3.63, 3.8) is 0 Å². The number of nitro groups is 1. The standard InChI is InChI=1S/C11H15N3O2/c1-8(9-3-2-4-9)13-10-5-6-11(12-7-10)14(15)16/h5-9,13H,2-4H2,1H3. The molecule has 5 nitrogen and oxygen atoms in total. The van der Waals surface area contributed by atoms with E-state index in [1.54, 1.807) is 6.07 Å². The second kappa shape index (κ2) is 4.47. The predicted octanol–water partition coefficient (Wildman–Crippen LogP) is 2.59. The Bertz CT molecular complexity index is 373. The number of aromatic nitrogens is 1. The highest BCUT2D eigenvalue weighted by atomic mass is 16.6. The van der Waals surface area contributed by atoms with E-state index in [-0.39, 0.29) is 5.82 Å². The van der Waals surface area contributed by atoms with Gasteiger partial charge in [0.15, 0.2) is 6.20 Å². The van der Waals surface area contributed by atoms with Crippen LogP contribution in [0.25, 0.3) is 0 Å². The summed E-state index contributed by atoms with van der Waals surface area (Å²) in [5.41, 5.74) is 0.852. The number of hydrogen-bond acceptors (Lipinski definition) is 4. The van der Waals surface area contributed by atoms with E-state index < -0.39 is 4.92 Å². The van der Waals surface area contributed by atoms with Gasteiger partial charge in [-0.15, -0.1) is 0 Å². The van der Waals surface area contributed by atoms with Crippen LogP contribution < -0.4 is 5.32 Å². The molecule has 1 saturated carbocycles. The molecule has 0 spiro atoms. The Balaban J connectivity index is 1.96. The molecule has 0 saturated heterocycles. The molecule has 1 aromatic rings. The van der Waals surface area contributed by atoms with Gasteiger partial charge >= 0.3 is 5.82 Å². The van der Waals surface area contributed by atoms with E-state index in [0.717, 1.165) is 11.6 Å². The minimum Gasteiger partial charge on any atom is -0.379 e. The molecule has 1 aliphatic carbocycles. The van der Waals surface area contributed by atoms with Crippen molar-refractivity contribution >= 4 is 11.5 Å². The lowest BCUT2D eigenvalue weighted by Gasteiger charge is -2.32. The number of pyridine rings is 1. The summed E-state index contributed by atoms with van der Waals surface area (Å²) in [5, 5.41) is 13.7. The van der Waals surface area contributed by atoms with Crippen LogP contribution in [0.1, 0.15) is 26.2 Å². The molecule has 0 amide bonds. The number of anilines is 1. The fourth-order valence-electron chi connectivity index (χ4n) is 1.90. The molecule has 0 aliphatic heterocycles. The minimum absolute atomic E-state index is 0.109. The van der Waals surface area contributed by atoms with E-state index in [2.05, 4.69) is 17.2 Å². The van der Waals surface area contributed by atoms with E-state index in [1.807, 2.05) is 0 Å². The monoisotopic (exact) mass is 221 g/mol. The second-order valence-corrected chi connectivity index (χ2v) is 4.29. The summed E-state index contributed by atoms with van der Waals surface area (Å²) >= 11 is 0. The van der Waals surface area contributed by atoms with E-state index in [0.29, 0.717) is 6.04 Å². The Morgan fingerprint density at radius 1 is 1.56 bits per heavy atom. The molecule has 1 aliphatic rings. The number of rotatable bonds is 4. The second-order valence-electron chi connectivity index (χ2n) is 4.29. The fourth-order valence-corrected chi connectivity index (χ4v) is 1.90. The van der Waals surface area contributed by atoms with Crippen LogP contribution in [-0.2, 0) is 0 Å². The zero-order valence-corrected chi connectivity index (χ0v) is 9.22. The van der Waals surface area contributed by atoms with Crippen molar-refractivity contribution in [2.24, 2.45) is 5.92 Å². The first-order chi connectivity index (χ1) is 7.66. The van der Waals surface area contributed by atoms with Gasteiger partial charge in [-0.05, 0) is 41.7 Å². The Morgan fingerprint density at radius 3 is 2.75 bits per heavy atom. The Morgan fingerprint density at radius 2 is 2.31 bits per heavy atom. The van der Waals surface area contributed by atoms with E-state index in [9.17, 15) is 10.1 Å². The van der Waals surface area contributed by atoms with Crippen LogP contribution in [0.5, 0.6) is 0 Å². The van der Waals surface area contributed by atoms with Crippen LogP contribution in [0.15, 0.2) is 18.3 Å². The van der Waals surface area contributed by atoms with Gasteiger partial charge < -0.3 is 15.4 Å². The van der Waals surface area contributed by atoms with Gasteiger partial charge in [-0.1, -0.05) is 6.42 Å². The quantitative estimate of drug-likeness (QED) is 0.626. The van der Waals surface area contributed by atoms with Crippen molar-refractivity contribution in [3.8, 4) is 0 Å². The molecule has 0 bridgehead atoms. The van der Waals surface area contributed by atoms with Crippen molar-refractivity contribution in [2.45, 2.75) is 32.2 Å². The van der Waals surface area contributed by atoms with Gasteiger partial charge in [0.2, 0.25) is 0 Å². The molecule has 2 rings (SSSR count). The average Bonchev–Trinajstić information content (AvgIpc) is 2.15.